The Balaban J connectivity index is 2.25. The molecule has 0 spiro atoms. The second-order valence-corrected chi connectivity index (χ2v) is 6.81. The van der Waals surface area contributed by atoms with Gasteiger partial charge in [0, 0.05) is 29.0 Å². The van der Waals surface area contributed by atoms with Crippen LogP contribution in [0.25, 0.3) is 11.0 Å². The number of nitrogens with zero attached hydrogens (tertiary/aromatic N) is 3. The molecule has 0 N–H and O–H groups in total. The molecule has 0 aliphatic rings. The summed E-state index contributed by atoms with van der Waals surface area (Å²) in [4.78, 5) is 7.26. The van der Waals surface area contributed by atoms with Crippen LogP contribution in [0.15, 0.2) is 18.2 Å². The fourth-order valence-corrected chi connectivity index (χ4v) is 3.31. The van der Waals surface area contributed by atoms with E-state index < -0.39 is 0 Å². The van der Waals surface area contributed by atoms with Crippen LogP contribution in [0.4, 0.5) is 0 Å². The quantitative estimate of drug-likeness (QED) is 0.473. The van der Waals surface area contributed by atoms with Gasteiger partial charge in [-0.25, -0.2) is 4.98 Å². The van der Waals surface area contributed by atoms with Crippen molar-refractivity contribution in [3.05, 3.63) is 27.6 Å². The lowest BCUT2D eigenvalue weighted by molar-refractivity contribution is 0.277. The number of aromatic nitrogens is 2. The van der Waals surface area contributed by atoms with E-state index in [0.717, 1.165) is 43.9 Å². The lowest BCUT2D eigenvalue weighted by Gasteiger charge is -2.20. The molecule has 21 heavy (non-hydrogen) atoms. The summed E-state index contributed by atoms with van der Waals surface area (Å²) in [5, 5.41) is 0. The minimum Gasteiger partial charge on any atom is -0.327 e. The van der Waals surface area contributed by atoms with E-state index in [0.29, 0.717) is 5.88 Å². The maximum atomic E-state index is 5.94. The Morgan fingerprint density at radius 2 is 2.10 bits per heavy atom. The van der Waals surface area contributed by atoms with Crippen molar-refractivity contribution in [2.24, 2.45) is 0 Å². The third-order valence-electron chi connectivity index (χ3n) is 3.73. The van der Waals surface area contributed by atoms with Gasteiger partial charge in [-0.3, -0.25) is 0 Å². The van der Waals surface area contributed by atoms with Gasteiger partial charge in [0.05, 0.1) is 11.0 Å². The molecule has 1 aromatic carbocycles. The van der Waals surface area contributed by atoms with Crippen molar-refractivity contribution in [3.8, 4) is 0 Å². The molecule has 5 heteroatoms. The number of hydrogen-bond acceptors (Lipinski definition) is 2. The van der Waals surface area contributed by atoms with Crippen molar-refractivity contribution in [2.45, 2.75) is 33.2 Å². The summed E-state index contributed by atoms with van der Waals surface area (Å²) >= 11 is 8.28. The van der Waals surface area contributed by atoms with Gasteiger partial charge in [0.15, 0.2) is 0 Å². The van der Waals surface area contributed by atoms with Gasteiger partial charge in [0.1, 0.15) is 5.82 Å². The largest absolute Gasteiger partial charge is 0.327 e. The van der Waals surface area contributed by atoms with Crippen molar-refractivity contribution in [2.75, 3.05) is 25.5 Å². The summed E-state index contributed by atoms with van der Waals surface area (Å²) in [6.45, 7) is 8.77. The van der Waals surface area contributed by atoms with Crippen molar-refractivity contribution in [1.29, 1.82) is 0 Å². The molecule has 0 atom stereocenters. The molecule has 0 bridgehead atoms. The number of imidazole rings is 1. The molecule has 0 aliphatic carbocycles. The number of hydrogen-bond donors (Lipinski definition) is 0. The summed E-state index contributed by atoms with van der Waals surface area (Å²) in [7, 11) is 0. The van der Waals surface area contributed by atoms with Gasteiger partial charge in [-0.15, -0.1) is 11.6 Å². The summed E-state index contributed by atoms with van der Waals surface area (Å²) < 4.78 is 3.56. The molecule has 0 saturated heterocycles. The molecule has 3 nitrogen and oxygen atoms in total. The molecular formula is C16H23ClIN3. The van der Waals surface area contributed by atoms with Gasteiger partial charge in [-0.2, -0.15) is 0 Å². The number of halogens is 2. The average Bonchev–Trinajstić information content (AvgIpc) is 2.80. The fraction of sp³-hybridized carbons (Fsp3) is 0.562. The number of aryl methyl sites for hydroxylation is 1. The predicted octanol–water partition coefficient (Wildman–Crippen LogP) is 4.15. The predicted molar refractivity (Wildman–Crippen MR) is 99.3 cm³/mol. The van der Waals surface area contributed by atoms with Crippen LogP contribution in [0, 0.1) is 3.57 Å². The van der Waals surface area contributed by atoms with Crippen LogP contribution in [0.5, 0.6) is 0 Å². The molecule has 0 radical (unpaired) electrons. The Morgan fingerprint density at radius 3 is 2.76 bits per heavy atom. The SMILES string of the molecule is CCCN(CC)CCn1c(CCCl)nc2cc(I)ccc21. The second kappa shape index (κ2) is 8.34. The van der Waals surface area contributed by atoms with Crippen molar-refractivity contribution < 1.29 is 0 Å². The van der Waals surface area contributed by atoms with Crippen molar-refractivity contribution in [1.82, 2.24) is 14.5 Å². The lowest BCUT2D eigenvalue weighted by atomic mass is 10.3. The standard InChI is InChI=1S/C16H23ClIN3/c1-3-9-20(4-2)10-11-21-15-6-5-13(18)12-14(15)19-16(21)7-8-17/h5-6,12H,3-4,7-11H2,1-2H3. The van der Waals surface area contributed by atoms with Gasteiger partial charge >= 0.3 is 0 Å². The highest BCUT2D eigenvalue weighted by atomic mass is 127. The summed E-state index contributed by atoms with van der Waals surface area (Å²) in [6.07, 6.45) is 2.03. The molecule has 1 aromatic heterocycles. The monoisotopic (exact) mass is 419 g/mol. The van der Waals surface area contributed by atoms with Gasteiger partial charge < -0.3 is 9.47 Å². The molecule has 0 saturated carbocycles. The summed E-state index contributed by atoms with van der Waals surface area (Å²) in [5.74, 6) is 1.72. The zero-order valence-corrected chi connectivity index (χ0v) is 15.7. The van der Waals surface area contributed by atoms with Crippen LogP contribution in [-0.4, -0.2) is 40.0 Å². The number of rotatable bonds is 8. The molecule has 0 unspecified atom stereocenters. The smallest absolute Gasteiger partial charge is 0.111 e. The maximum absolute atomic E-state index is 5.94. The molecule has 0 fully saturated rings. The molecule has 1 heterocycles. The summed E-state index contributed by atoms with van der Waals surface area (Å²) in [5.41, 5.74) is 2.31. The number of benzene rings is 1. The molecular weight excluding hydrogens is 397 g/mol. The molecule has 0 amide bonds. The Hall–Kier alpha value is -0.330. The first-order valence-electron chi connectivity index (χ1n) is 7.62. The zero-order valence-electron chi connectivity index (χ0n) is 12.8. The highest BCUT2D eigenvalue weighted by Crippen LogP contribution is 2.20. The van der Waals surface area contributed by atoms with E-state index >= 15 is 0 Å². The Bertz CT molecular complexity index is 582. The van der Waals surface area contributed by atoms with Crippen LogP contribution in [-0.2, 0) is 13.0 Å². The van der Waals surface area contributed by atoms with E-state index in [1.54, 1.807) is 0 Å². The summed E-state index contributed by atoms with van der Waals surface area (Å²) in [6, 6.07) is 6.47. The van der Waals surface area contributed by atoms with E-state index in [-0.39, 0.29) is 0 Å². The third kappa shape index (κ3) is 4.33. The van der Waals surface area contributed by atoms with Crippen LogP contribution in [0.3, 0.4) is 0 Å². The van der Waals surface area contributed by atoms with E-state index in [4.69, 9.17) is 16.6 Å². The molecule has 2 aromatic rings. The van der Waals surface area contributed by atoms with E-state index in [9.17, 15) is 0 Å². The Labute approximate surface area is 145 Å². The molecule has 0 aliphatic heterocycles. The van der Waals surface area contributed by atoms with Crippen molar-refractivity contribution >= 4 is 45.2 Å². The van der Waals surface area contributed by atoms with Gasteiger partial charge in [-0.05, 0) is 60.3 Å². The number of fused-ring (bicyclic) bond motifs is 1. The number of likely N-dealkylation sites (N-methyl/N-ethyl adjacent to an activating group) is 1. The first kappa shape index (κ1) is 17.0. The van der Waals surface area contributed by atoms with E-state index in [1.165, 1.54) is 15.5 Å². The topological polar surface area (TPSA) is 21.1 Å². The van der Waals surface area contributed by atoms with Gasteiger partial charge in [0.2, 0.25) is 0 Å². The minimum atomic E-state index is 0.618. The lowest BCUT2D eigenvalue weighted by Crippen LogP contribution is -2.28. The van der Waals surface area contributed by atoms with E-state index in [2.05, 4.69) is 64.1 Å². The average molecular weight is 420 g/mol. The van der Waals surface area contributed by atoms with E-state index in [1.807, 2.05) is 0 Å². The zero-order chi connectivity index (χ0) is 15.2. The number of alkyl halides is 1. The fourth-order valence-electron chi connectivity index (χ4n) is 2.66. The van der Waals surface area contributed by atoms with Crippen LogP contribution in [0.2, 0.25) is 0 Å². The van der Waals surface area contributed by atoms with Crippen molar-refractivity contribution in [3.63, 3.8) is 0 Å². The Morgan fingerprint density at radius 1 is 1.29 bits per heavy atom. The van der Waals surface area contributed by atoms with Crippen LogP contribution in [0.1, 0.15) is 26.1 Å². The Kier molecular flexibility index (Phi) is 6.76. The molecule has 2 rings (SSSR count). The third-order valence-corrected chi connectivity index (χ3v) is 4.59. The minimum absolute atomic E-state index is 0.618. The maximum Gasteiger partial charge on any atom is 0.111 e. The second-order valence-electron chi connectivity index (χ2n) is 5.19. The first-order chi connectivity index (χ1) is 10.2. The first-order valence-corrected chi connectivity index (χ1v) is 9.23. The van der Waals surface area contributed by atoms with Gasteiger partial charge in [-0.1, -0.05) is 13.8 Å². The molecule has 116 valence electrons. The normalized spacial score (nSPS) is 11.7. The van der Waals surface area contributed by atoms with Crippen LogP contribution >= 0.6 is 34.2 Å². The van der Waals surface area contributed by atoms with Gasteiger partial charge in [0.25, 0.3) is 0 Å². The van der Waals surface area contributed by atoms with Crippen LogP contribution < -0.4 is 0 Å². The highest BCUT2D eigenvalue weighted by Gasteiger charge is 2.11. The highest BCUT2D eigenvalue weighted by molar-refractivity contribution is 14.1.